The molecule has 5 nitrogen and oxygen atoms in total. The van der Waals surface area contributed by atoms with Crippen LogP contribution in [0, 0.1) is 0 Å². The lowest BCUT2D eigenvalue weighted by molar-refractivity contribution is -0.150. The topological polar surface area (TPSA) is 56.8 Å². The predicted molar refractivity (Wildman–Crippen MR) is 79.9 cm³/mol. The van der Waals surface area contributed by atoms with Crippen LogP contribution in [0.1, 0.15) is 47.0 Å². The lowest BCUT2D eigenvalue weighted by Gasteiger charge is -2.28. The van der Waals surface area contributed by atoms with Crippen molar-refractivity contribution in [1.82, 2.24) is 5.32 Å². The van der Waals surface area contributed by atoms with Gasteiger partial charge in [-0.15, -0.1) is 0 Å². The minimum Gasteiger partial charge on any atom is -0.465 e. The Morgan fingerprint density at radius 2 is 1.70 bits per heavy atom. The Morgan fingerprint density at radius 3 is 2.30 bits per heavy atom. The van der Waals surface area contributed by atoms with Gasteiger partial charge in [-0.1, -0.05) is 6.92 Å². The van der Waals surface area contributed by atoms with Gasteiger partial charge in [-0.2, -0.15) is 0 Å². The monoisotopic (exact) mass is 289 g/mol. The van der Waals surface area contributed by atoms with Crippen molar-refractivity contribution in [1.29, 1.82) is 0 Å². The van der Waals surface area contributed by atoms with Gasteiger partial charge in [0, 0.05) is 13.2 Å². The van der Waals surface area contributed by atoms with Crippen molar-refractivity contribution in [2.24, 2.45) is 0 Å². The lowest BCUT2D eigenvalue weighted by atomic mass is 9.95. The number of hydrogen-bond acceptors (Lipinski definition) is 5. The Labute approximate surface area is 123 Å². The molecule has 20 heavy (non-hydrogen) atoms. The zero-order valence-corrected chi connectivity index (χ0v) is 13.5. The molecule has 1 unspecified atom stereocenters. The molecular formula is C15H31NO4. The van der Waals surface area contributed by atoms with E-state index in [0.717, 1.165) is 32.4 Å². The van der Waals surface area contributed by atoms with Crippen LogP contribution in [0.15, 0.2) is 0 Å². The van der Waals surface area contributed by atoms with Gasteiger partial charge in [0.2, 0.25) is 0 Å². The van der Waals surface area contributed by atoms with Crippen LogP contribution in [0.2, 0.25) is 0 Å². The summed E-state index contributed by atoms with van der Waals surface area (Å²) in [6, 6.07) is 0. The van der Waals surface area contributed by atoms with Crippen molar-refractivity contribution < 1.29 is 19.0 Å². The standard InChI is InChI=1S/C15H31NO4/c1-5-16-15(4,14(17)20-7-3)10-8-9-11-19-13-12-18-6-2/h16H,5-13H2,1-4H3. The highest BCUT2D eigenvalue weighted by molar-refractivity contribution is 5.80. The summed E-state index contributed by atoms with van der Waals surface area (Å²) < 4.78 is 15.8. The Hall–Kier alpha value is -0.650. The Bertz CT molecular complexity index is 248. The lowest BCUT2D eigenvalue weighted by Crippen LogP contribution is -2.50. The molecule has 0 aromatic heterocycles. The molecule has 0 saturated carbocycles. The zero-order chi connectivity index (χ0) is 15.3. The fraction of sp³-hybridized carbons (Fsp3) is 0.933. The number of unbranched alkanes of at least 4 members (excludes halogenated alkanes) is 1. The second-order valence-electron chi connectivity index (χ2n) is 4.85. The van der Waals surface area contributed by atoms with Crippen LogP contribution in [0.5, 0.6) is 0 Å². The molecule has 0 rings (SSSR count). The quantitative estimate of drug-likeness (QED) is 0.416. The van der Waals surface area contributed by atoms with Gasteiger partial charge in [-0.05, 0) is 46.6 Å². The van der Waals surface area contributed by atoms with E-state index in [1.54, 1.807) is 0 Å². The van der Waals surface area contributed by atoms with Gasteiger partial charge in [0.05, 0.1) is 19.8 Å². The summed E-state index contributed by atoms with van der Waals surface area (Å²) in [4.78, 5) is 12.0. The van der Waals surface area contributed by atoms with Gasteiger partial charge < -0.3 is 19.5 Å². The molecule has 1 N–H and O–H groups in total. The summed E-state index contributed by atoms with van der Waals surface area (Å²) in [5.74, 6) is -0.167. The second-order valence-corrected chi connectivity index (χ2v) is 4.85. The van der Waals surface area contributed by atoms with Crippen LogP contribution >= 0.6 is 0 Å². The van der Waals surface area contributed by atoms with Gasteiger partial charge in [-0.3, -0.25) is 4.79 Å². The van der Waals surface area contributed by atoms with E-state index >= 15 is 0 Å². The smallest absolute Gasteiger partial charge is 0.326 e. The number of esters is 1. The normalized spacial score (nSPS) is 14.0. The highest BCUT2D eigenvalue weighted by Crippen LogP contribution is 2.16. The van der Waals surface area contributed by atoms with E-state index < -0.39 is 5.54 Å². The van der Waals surface area contributed by atoms with Gasteiger partial charge in [0.25, 0.3) is 0 Å². The van der Waals surface area contributed by atoms with E-state index in [1.807, 2.05) is 27.7 Å². The van der Waals surface area contributed by atoms with E-state index in [0.29, 0.717) is 26.4 Å². The Kier molecular flexibility index (Phi) is 11.7. The fourth-order valence-electron chi connectivity index (χ4n) is 1.99. The van der Waals surface area contributed by atoms with Crippen LogP contribution in [-0.4, -0.2) is 51.1 Å². The van der Waals surface area contributed by atoms with Crippen LogP contribution in [0.3, 0.4) is 0 Å². The summed E-state index contributed by atoms with van der Waals surface area (Å²) in [6.07, 6.45) is 2.62. The summed E-state index contributed by atoms with van der Waals surface area (Å²) in [6.45, 7) is 11.6. The molecule has 120 valence electrons. The molecule has 1 atom stereocenters. The molecule has 0 bridgehead atoms. The van der Waals surface area contributed by atoms with Crippen LogP contribution in [0.25, 0.3) is 0 Å². The average Bonchev–Trinajstić information content (AvgIpc) is 2.42. The van der Waals surface area contributed by atoms with Crippen LogP contribution in [0.4, 0.5) is 0 Å². The number of rotatable bonds is 13. The van der Waals surface area contributed by atoms with Crippen molar-refractivity contribution in [3.8, 4) is 0 Å². The molecule has 0 aliphatic heterocycles. The van der Waals surface area contributed by atoms with Crippen LogP contribution < -0.4 is 5.32 Å². The number of hydrogen-bond donors (Lipinski definition) is 1. The van der Waals surface area contributed by atoms with Crippen molar-refractivity contribution in [2.45, 2.75) is 52.5 Å². The van der Waals surface area contributed by atoms with Gasteiger partial charge >= 0.3 is 5.97 Å². The minimum absolute atomic E-state index is 0.167. The Balaban J connectivity index is 3.83. The molecule has 0 aliphatic carbocycles. The first kappa shape index (κ1) is 19.4. The summed E-state index contributed by atoms with van der Waals surface area (Å²) >= 11 is 0. The maximum absolute atomic E-state index is 12.0. The molecule has 0 heterocycles. The van der Waals surface area contributed by atoms with E-state index in [-0.39, 0.29) is 5.97 Å². The first-order chi connectivity index (χ1) is 9.60. The first-order valence-electron chi connectivity index (χ1n) is 7.68. The summed E-state index contributed by atoms with van der Waals surface area (Å²) in [7, 11) is 0. The van der Waals surface area contributed by atoms with E-state index in [1.165, 1.54) is 0 Å². The number of ether oxygens (including phenoxy) is 3. The number of likely N-dealkylation sites (N-methyl/N-ethyl adjacent to an activating group) is 1. The van der Waals surface area contributed by atoms with Crippen molar-refractivity contribution in [2.75, 3.05) is 39.6 Å². The third kappa shape index (κ3) is 8.51. The zero-order valence-electron chi connectivity index (χ0n) is 13.5. The maximum Gasteiger partial charge on any atom is 0.326 e. The molecule has 0 amide bonds. The maximum atomic E-state index is 12.0. The molecule has 5 heteroatoms. The molecular weight excluding hydrogens is 258 g/mol. The molecule has 0 radical (unpaired) electrons. The number of nitrogens with one attached hydrogen (secondary N) is 1. The van der Waals surface area contributed by atoms with Gasteiger partial charge in [-0.25, -0.2) is 0 Å². The molecule has 0 aromatic carbocycles. The second kappa shape index (κ2) is 12.1. The van der Waals surface area contributed by atoms with Crippen molar-refractivity contribution >= 4 is 5.97 Å². The highest BCUT2D eigenvalue weighted by Gasteiger charge is 2.32. The number of carbonyl (C=O) groups is 1. The van der Waals surface area contributed by atoms with Crippen molar-refractivity contribution in [3.05, 3.63) is 0 Å². The fourth-order valence-corrected chi connectivity index (χ4v) is 1.99. The summed E-state index contributed by atoms with van der Waals surface area (Å²) in [5, 5.41) is 3.23. The summed E-state index contributed by atoms with van der Waals surface area (Å²) in [5.41, 5.74) is -0.587. The third-order valence-corrected chi connectivity index (χ3v) is 3.08. The SMILES string of the molecule is CCNC(C)(CCCCOCCOCC)C(=O)OCC. The van der Waals surface area contributed by atoms with E-state index in [4.69, 9.17) is 14.2 Å². The molecule has 0 spiro atoms. The minimum atomic E-state index is -0.587. The van der Waals surface area contributed by atoms with Gasteiger partial charge in [0.15, 0.2) is 0 Å². The van der Waals surface area contributed by atoms with E-state index in [9.17, 15) is 4.79 Å². The average molecular weight is 289 g/mol. The third-order valence-electron chi connectivity index (χ3n) is 3.08. The molecule has 0 saturated heterocycles. The molecule has 0 aromatic rings. The van der Waals surface area contributed by atoms with Gasteiger partial charge in [0.1, 0.15) is 5.54 Å². The largest absolute Gasteiger partial charge is 0.465 e. The van der Waals surface area contributed by atoms with Crippen LogP contribution in [-0.2, 0) is 19.0 Å². The number of carbonyl (C=O) groups excluding carboxylic acids is 1. The predicted octanol–water partition coefficient (Wildman–Crippen LogP) is 2.14. The highest BCUT2D eigenvalue weighted by atomic mass is 16.5. The molecule has 0 fully saturated rings. The van der Waals surface area contributed by atoms with E-state index in [2.05, 4.69) is 5.32 Å². The molecule has 0 aliphatic rings. The van der Waals surface area contributed by atoms with Crippen molar-refractivity contribution in [3.63, 3.8) is 0 Å². The Morgan fingerprint density at radius 1 is 1.00 bits per heavy atom. The first-order valence-corrected chi connectivity index (χ1v) is 7.68.